The molecule has 5 heteroatoms. The molecule has 1 fully saturated rings. The van der Waals surface area contributed by atoms with E-state index in [4.69, 9.17) is 17.0 Å². The molecule has 4 nitrogen and oxygen atoms in total. The molecule has 2 rings (SSSR count). The van der Waals surface area contributed by atoms with Crippen LogP contribution in [0.5, 0.6) is 5.75 Å². The van der Waals surface area contributed by atoms with Crippen molar-refractivity contribution in [3.05, 3.63) is 24.3 Å². The fourth-order valence-corrected chi connectivity index (χ4v) is 3.10. The van der Waals surface area contributed by atoms with Crippen LogP contribution in [0.2, 0.25) is 0 Å². The molecule has 1 aromatic carbocycles. The van der Waals surface area contributed by atoms with Crippen LogP contribution in [0.25, 0.3) is 0 Å². The zero-order valence-electron chi connectivity index (χ0n) is 14.6. The van der Waals surface area contributed by atoms with Gasteiger partial charge in [-0.05, 0) is 67.6 Å². The largest absolute Gasteiger partial charge is 0.494 e. The number of ether oxygens (including phenoxy) is 1. The maximum Gasteiger partial charge on any atom is 0.226 e. The maximum absolute atomic E-state index is 12.0. The molecule has 0 radical (unpaired) electrons. The van der Waals surface area contributed by atoms with Crippen LogP contribution < -0.4 is 15.4 Å². The number of nitrogens with one attached hydrogen (secondary N) is 2. The molecule has 1 aliphatic carbocycles. The van der Waals surface area contributed by atoms with Crippen LogP contribution in [0.15, 0.2) is 24.3 Å². The first kappa shape index (κ1) is 18.7. The minimum Gasteiger partial charge on any atom is -0.494 e. The van der Waals surface area contributed by atoms with Gasteiger partial charge in [0, 0.05) is 12.1 Å². The van der Waals surface area contributed by atoms with Crippen molar-refractivity contribution in [2.75, 3.05) is 11.9 Å². The fourth-order valence-electron chi connectivity index (χ4n) is 2.86. The first-order valence-electron chi connectivity index (χ1n) is 8.86. The number of carbonyl (C=O) groups excluding carboxylic acids is 1. The minimum absolute atomic E-state index is 0.00744. The average molecular weight is 349 g/mol. The Morgan fingerprint density at radius 2 is 1.92 bits per heavy atom. The molecule has 1 aliphatic rings. The Morgan fingerprint density at radius 1 is 1.25 bits per heavy atom. The van der Waals surface area contributed by atoms with Crippen molar-refractivity contribution >= 4 is 28.9 Å². The van der Waals surface area contributed by atoms with E-state index in [1.54, 1.807) is 0 Å². The van der Waals surface area contributed by atoms with Crippen molar-refractivity contribution in [3.8, 4) is 5.75 Å². The smallest absolute Gasteiger partial charge is 0.226 e. The molecular weight excluding hydrogens is 320 g/mol. The Labute approximate surface area is 150 Å². The summed E-state index contributed by atoms with van der Waals surface area (Å²) in [5.41, 5.74) is 0.845. The summed E-state index contributed by atoms with van der Waals surface area (Å²) < 4.78 is 5.69. The molecule has 132 valence electrons. The van der Waals surface area contributed by atoms with Gasteiger partial charge in [0.1, 0.15) is 5.75 Å². The highest BCUT2D eigenvalue weighted by atomic mass is 32.1. The fraction of sp³-hybridized carbons (Fsp3) is 0.579. The zero-order chi connectivity index (χ0) is 17.4. The van der Waals surface area contributed by atoms with Crippen molar-refractivity contribution < 1.29 is 9.53 Å². The normalized spacial score (nSPS) is 14.6. The number of rotatable bonds is 7. The van der Waals surface area contributed by atoms with Gasteiger partial charge >= 0.3 is 0 Å². The summed E-state index contributed by atoms with van der Waals surface area (Å²) in [5.74, 6) is 2.01. The third-order valence-electron chi connectivity index (χ3n) is 4.28. The Hall–Kier alpha value is -1.62. The van der Waals surface area contributed by atoms with Crippen LogP contribution in [0.1, 0.15) is 52.4 Å². The van der Waals surface area contributed by atoms with Crippen molar-refractivity contribution in [3.63, 3.8) is 0 Å². The lowest BCUT2D eigenvalue weighted by molar-refractivity contribution is -0.120. The second-order valence-electron chi connectivity index (χ2n) is 6.91. The summed E-state index contributed by atoms with van der Waals surface area (Å²) >= 11 is 5.21. The van der Waals surface area contributed by atoms with Gasteiger partial charge in [-0.3, -0.25) is 4.79 Å². The highest BCUT2D eigenvalue weighted by Gasteiger charge is 2.18. The molecule has 1 amide bonds. The molecule has 0 saturated heterocycles. The van der Waals surface area contributed by atoms with E-state index < -0.39 is 0 Å². The van der Waals surface area contributed by atoms with Gasteiger partial charge in [0.05, 0.1) is 6.61 Å². The van der Waals surface area contributed by atoms with Crippen molar-refractivity contribution in [1.29, 1.82) is 0 Å². The number of benzene rings is 1. The van der Waals surface area contributed by atoms with E-state index in [0.29, 0.717) is 23.4 Å². The van der Waals surface area contributed by atoms with Crippen molar-refractivity contribution in [2.24, 2.45) is 11.8 Å². The Balaban J connectivity index is 1.71. The van der Waals surface area contributed by atoms with Crippen LogP contribution in [0, 0.1) is 11.8 Å². The topological polar surface area (TPSA) is 50.4 Å². The predicted octanol–water partition coefficient (Wildman–Crippen LogP) is 4.50. The molecule has 2 N–H and O–H groups in total. The van der Waals surface area contributed by atoms with Crippen molar-refractivity contribution in [2.45, 2.75) is 52.4 Å². The summed E-state index contributed by atoms with van der Waals surface area (Å²) in [4.78, 5) is 12.0. The molecule has 0 heterocycles. The van der Waals surface area contributed by atoms with Gasteiger partial charge in [-0.15, -0.1) is 0 Å². The van der Waals surface area contributed by atoms with E-state index in [2.05, 4.69) is 24.5 Å². The first-order chi connectivity index (χ1) is 11.5. The molecule has 1 saturated carbocycles. The molecule has 24 heavy (non-hydrogen) atoms. The van der Waals surface area contributed by atoms with Gasteiger partial charge < -0.3 is 15.4 Å². The molecular formula is C19H28N2O2S. The van der Waals surface area contributed by atoms with E-state index in [9.17, 15) is 4.79 Å². The highest BCUT2D eigenvalue weighted by molar-refractivity contribution is 7.80. The summed E-state index contributed by atoms with van der Waals surface area (Å²) in [7, 11) is 0. The Kier molecular flexibility index (Phi) is 7.50. The maximum atomic E-state index is 12.0. The van der Waals surface area contributed by atoms with Gasteiger partial charge in [0.25, 0.3) is 0 Å². The quantitative estimate of drug-likeness (QED) is 0.712. The summed E-state index contributed by atoms with van der Waals surface area (Å²) in [6.07, 6.45) is 6.41. The third kappa shape index (κ3) is 6.87. The number of thiocarbonyl (C=S) groups is 1. The predicted molar refractivity (Wildman–Crippen MR) is 102 cm³/mol. The lowest BCUT2D eigenvalue weighted by atomic mass is 10.0. The molecule has 0 unspecified atom stereocenters. The summed E-state index contributed by atoms with van der Waals surface area (Å²) in [6.45, 7) is 5.08. The van der Waals surface area contributed by atoms with Crippen LogP contribution in [-0.4, -0.2) is 17.6 Å². The first-order valence-corrected chi connectivity index (χ1v) is 9.27. The molecule has 0 spiro atoms. The van der Waals surface area contributed by atoms with Crippen molar-refractivity contribution in [1.82, 2.24) is 5.32 Å². The molecule has 0 bridgehead atoms. The molecule has 0 aromatic heterocycles. The van der Waals surface area contributed by atoms with Gasteiger partial charge in [0.15, 0.2) is 5.11 Å². The van der Waals surface area contributed by atoms with Gasteiger partial charge in [0.2, 0.25) is 5.91 Å². The van der Waals surface area contributed by atoms with E-state index in [1.165, 1.54) is 12.8 Å². The van der Waals surface area contributed by atoms with Gasteiger partial charge in [-0.2, -0.15) is 0 Å². The van der Waals surface area contributed by atoms with E-state index in [0.717, 1.165) is 37.3 Å². The van der Waals surface area contributed by atoms with Crippen LogP contribution in [0.4, 0.5) is 5.69 Å². The number of carbonyl (C=O) groups is 1. The Bertz CT molecular complexity index is 537. The van der Waals surface area contributed by atoms with E-state index >= 15 is 0 Å². The number of hydrogen-bond acceptors (Lipinski definition) is 3. The van der Waals surface area contributed by atoms with Crippen LogP contribution in [-0.2, 0) is 4.79 Å². The zero-order valence-corrected chi connectivity index (χ0v) is 15.5. The average Bonchev–Trinajstić information content (AvgIpc) is 3.01. The third-order valence-corrected chi connectivity index (χ3v) is 4.48. The van der Waals surface area contributed by atoms with E-state index in [-0.39, 0.29) is 5.91 Å². The van der Waals surface area contributed by atoms with Gasteiger partial charge in [-0.1, -0.05) is 26.7 Å². The number of amides is 1. The van der Waals surface area contributed by atoms with Crippen LogP contribution >= 0.6 is 12.2 Å². The molecule has 1 aromatic rings. The second kappa shape index (κ2) is 9.62. The summed E-state index contributed by atoms with van der Waals surface area (Å²) in [6, 6.07) is 7.62. The lowest BCUT2D eigenvalue weighted by Gasteiger charge is -2.12. The molecule has 0 atom stereocenters. The SMILES string of the molecule is CC(C)CCOc1ccc(NC(=S)NC(=O)CC2CCCC2)cc1. The molecule has 0 aliphatic heterocycles. The number of anilines is 1. The monoisotopic (exact) mass is 348 g/mol. The van der Waals surface area contributed by atoms with E-state index in [1.807, 2.05) is 24.3 Å². The number of hydrogen-bond donors (Lipinski definition) is 2. The van der Waals surface area contributed by atoms with Crippen LogP contribution in [0.3, 0.4) is 0 Å². The highest BCUT2D eigenvalue weighted by Crippen LogP contribution is 2.27. The second-order valence-corrected chi connectivity index (χ2v) is 7.32. The Morgan fingerprint density at radius 3 is 2.54 bits per heavy atom. The minimum atomic E-state index is 0.00744. The summed E-state index contributed by atoms with van der Waals surface area (Å²) in [5, 5.41) is 6.16. The lowest BCUT2D eigenvalue weighted by Crippen LogP contribution is -2.34. The van der Waals surface area contributed by atoms with Gasteiger partial charge in [-0.25, -0.2) is 0 Å². The standard InChI is InChI=1S/C19H28N2O2S/c1-14(2)11-12-23-17-9-7-16(8-10-17)20-19(24)21-18(22)13-15-5-3-4-6-15/h7-10,14-15H,3-6,11-13H2,1-2H3,(H2,20,21,22,24).